The van der Waals surface area contributed by atoms with Gasteiger partial charge in [0.2, 0.25) is 5.88 Å². The number of pyridine rings is 1. The molecular formula is C18H22N4O2S. The zero-order valence-electron chi connectivity index (χ0n) is 14.3. The second-order valence-corrected chi connectivity index (χ2v) is 7.02. The average Bonchev–Trinajstić information content (AvgIpc) is 3.15. The molecule has 0 aromatic carbocycles. The quantitative estimate of drug-likeness (QED) is 0.853. The largest absolute Gasteiger partial charge is 0.480 e. The number of methoxy groups -OCH3 is 1. The van der Waals surface area contributed by atoms with Gasteiger partial charge in [0.15, 0.2) is 0 Å². The van der Waals surface area contributed by atoms with Crippen LogP contribution in [0.3, 0.4) is 0 Å². The van der Waals surface area contributed by atoms with E-state index >= 15 is 0 Å². The van der Waals surface area contributed by atoms with E-state index in [1.807, 2.05) is 6.07 Å². The molecule has 0 unspecified atom stereocenters. The van der Waals surface area contributed by atoms with Gasteiger partial charge in [-0.1, -0.05) is 6.07 Å². The van der Waals surface area contributed by atoms with Crippen LogP contribution in [0, 0.1) is 11.3 Å². The van der Waals surface area contributed by atoms with Gasteiger partial charge in [0.1, 0.15) is 11.6 Å². The van der Waals surface area contributed by atoms with Crippen LogP contribution in [0.4, 0.5) is 5.69 Å². The van der Waals surface area contributed by atoms with E-state index in [-0.39, 0.29) is 12.6 Å². The molecule has 25 heavy (non-hydrogen) atoms. The average molecular weight is 358 g/mol. The van der Waals surface area contributed by atoms with Crippen molar-refractivity contribution in [3.8, 4) is 11.9 Å². The minimum absolute atomic E-state index is 0.157. The fraction of sp³-hybridized carbons (Fsp3) is 0.444. The summed E-state index contributed by atoms with van der Waals surface area (Å²) in [6.07, 6.45) is 2.39. The summed E-state index contributed by atoms with van der Waals surface area (Å²) in [5.41, 5.74) is 1.33. The highest BCUT2D eigenvalue weighted by molar-refractivity contribution is 7.09. The van der Waals surface area contributed by atoms with Gasteiger partial charge < -0.3 is 14.7 Å². The summed E-state index contributed by atoms with van der Waals surface area (Å²) in [4.78, 5) is 10.1. The molecule has 1 aliphatic heterocycles. The Bertz CT molecular complexity index is 729. The zero-order chi connectivity index (χ0) is 17.6. The molecule has 1 aliphatic rings. The highest BCUT2D eigenvalue weighted by atomic mass is 32.1. The second kappa shape index (κ2) is 8.30. The lowest BCUT2D eigenvalue weighted by molar-refractivity contribution is 0.136. The van der Waals surface area contributed by atoms with Crippen LogP contribution in [0.1, 0.15) is 16.9 Å². The van der Waals surface area contributed by atoms with Crippen molar-refractivity contribution in [2.75, 3.05) is 38.3 Å². The van der Waals surface area contributed by atoms with E-state index in [0.717, 1.165) is 31.9 Å². The van der Waals surface area contributed by atoms with E-state index in [1.165, 1.54) is 12.0 Å². The van der Waals surface area contributed by atoms with Gasteiger partial charge in [0, 0.05) is 49.9 Å². The number of thiophene rings is 1. The van der Waals surface area contributed by atoms with Crippen molar-refractivity contribution in [3.63, 3.8) is 0 Å². The number of piperazine rings is 1. The number of nitrogens with zero attached hydrogens (tertiary/aromatic N) is 4. The third-order valence-electron chi connectivity index (χ3n) is 4.55. The number of ether oxygens (including phenoxy) is 1. The molecule has 0 bridgehead atoms. The van der Waals surface area contributed by atoms with Crippen LogP contribution in [0.15, 0.2) is 29.8 Å². The van der Waals surface area contributed by atoms with Gasteiger partial charge in [-0.15, -0.1) is 11.3 Å². The second-order valence-electron chi connectivity index (χ2n) is 5.99. The minimum Gasteiger partial charge on any atom is -0.480 e. The van der Waals surface area contributed by atoms with Crippen LogP contribution >= 0.6 is 11.3 Å². The first kappa shape index (κ1) is 17.7. The standard InChI is InChI=1S/C18H22N4O2S/c1-24-18-16(11-19)17(4-6-20-18)22-8-7-21(14(12-22)5-9-23)13-15-3-2-10-25-15/h2-4,6,10,14,23H,5,7-9,12-13H2,1H3/t14-/m1/s1. The third-order valence-corrected chi connectivity index (χ3v) is 5.41. The van der Waals surface area contributed by atoms with Crippen molar-refractivity contribution >= 4 is 17.0 Å². The number of rotatable bonds is 6. The molecule has 0 saturated carbocycles. The number of aromatic nitrogens is 1. The Morgan fingerprint density at radius 1 is 1.44 bits per heavy atom. The van der Waals surface area contributed by atoms with E-state index in [2.05, 4.69) is 38.4 Å². The Morgan fingerprint density at radius 2 is 2.32 bits per heavy atom. The lowest BCUT2D eigenvalue weighted by Gasteiger charge is -2.42. The van der Waals surface area contributed by atoms with E-state index < -0.39 is 0 Å². The molecule has 132 valence electrons. The highest BCUT2D eigenvalue weighted by Gasteiger charge is 2.29. The lowest BCUT2D eigenvalue weighted by Crippen LogP contribution is -2.53. The summed E-state index contributed by atoms with van der Waals surface area (Å²) in [5.74, 6) is 0.361. The van der Waals surface area contributed by atoms with Gasteiger partial charge in [-0.2, -0.15) is 5.26 Å². The van der Waals surface area contributed by atoms with Crippen LogP contribution in [0.5, 0.6) is 5.88 Å². The minimum atomic E-state index is 0.157. The van der Waals surface area contributed by atoms with E-state index in [4.69, 9.17) is 4.74 Å². The Balaban J connectivity index is 1.79. The molecule has 3 rings (SSSR count). The highest BCUT2D eigenvalue weighted by Crippen LogP contribution is 2.29. The molecule has 1 saturated heterocycles. The molecule has 7 heteroatoms. The molecule has 0 radical (unpaired) electrons. The summed E-state index contributed by atoms with van der Waals surface area (Å²) < 4.78 is 5.22. The number of aliphatic hydroxyl groups is 1. The number of aliphatic hydroxyl groups excluding tert-OH is 1. The first-order chi connectivity index (χ1) is 12.3. The maximum Gasteiger partial charge on any atom is 0.233 e. The van der Waals surface area contributed by atoms with Crippen molar-refractivity contribution in [3.05, 3.63) is 40.2 Å². The smallest absolute Gasteiger partial charge is 0.233 e. The van der Waals surface area contributed by atoms with Gasteiger partial charge in [0.05, 0.1) is 12.8 Å². The number of hydrogen-bond donors (Lipinski definition) is 1. The molecular weight excluding hydrogens is 336 g/mol. The SMILES string of the molecule is COc1nccc(N2CCN(Cc3cccs3)[C@H](CCO)C2)c1C#N. The summed E-state index contributed by atoms with van der Waals surface area (Å²) in [5, 5.41) is 21.1. The Kier molecular flexibility index (Phi) is 5.87. The molecule has 1 fully saturated rings. The Hall–Kier alpha value is -2.14. The van der Waals surface area contributed by atoms with Crippen LogP contribution in [0.2, 0.25) is 0 Å². The Labute approximate surface area is 151 Å². The van der Waals surface area contributed by atoms with E-state index in [1.54, 1.807) is 17.5 Å². The predicted molar refractivity (Wildman–Crippen MR) is 97.9 cm³/mol. The monoisotopic (exact) mass is 358 g/mol. The van der Waals surface area contributed by atoms with E-state index in [0.29, 0.717) is 17.9 Å². The van der Waals surface area contributed by atoms with Crippen LogP contribution in [-0.4, -0.2) is 54.4 Å². The first-order valence-corrected chi connectivity index (χ1v) is 9.20. The molecule has 0 amide bonds. The van der Waals surface area contributed by atoms with Crippen LogP contribution in [0.25, 0.3) is 0 Å². The predicted octanol–water partition coefficient (Wildman–Crippen LogP) is 2.10. The maximum absolute atomic E-state index is 9.51. The fourth-order valence-corrected chi connectivity index (χ4v) is 4.03. The molecule has 0 aliphatic carbocycles. The van der Waals surface area contributed by atoms with Gasteiger partial charge in [0.25, 0.3) is 0 Å². The van der Waals surface area contributed by atoms with Gasteiger partial charge in [-0.05, 0) is 23.9 Å². The summed E-state index contributed by atoms with van der Waals surface area (Å²) in [6, 6.07) is 8.54. The van der Waals surface area contributed by atoms with Crippen molar-refractivity contribution in [1.29, 1.82) is 5.26 Å². The molecule has 6 nitrogen and oxygen atoms in total. The van der Waals surface area contributed by atoms with Gasteiger partial charge in [-0.25, -0.2) is 4.98 Å². The molecule has 1 N–H and O–H groups in total. The van der Waals surface area contributed by atoms with Gasteiger partial charge >= 0.3 is 0 Å². The third kappa shape index (κ3) is 3.93. The zero-order valence-corrected chi connectivity index (χ0v) is 15.1. The van der Waals surface area contributed by atoms with E-state index in [9.17, 15) is 10.4 Å². The van der Waals surface area contributed by atoms with Crippen molar-refractivity contribution in [1.82, 2.24) is 9.88 Å². The molecule has 0 spiro atoms. The molecule has 2 aromatic heterocycles. The lowest BCUT2D eigenvalue weighted by atomic mass is 10.1. The van der Waals surface area contributed by atoms with Crippen molar-refractivity contribution in [2.24, 2.45) is 0 Å². The topological polar surface area (TPSA) is 72.6 Å². The summed E-state index contributed by atoms with van der Waals surface area (Å²) in [7, 11) is 1.53. The number of hydrogen-bond acceptors (Lipinski definition) is 7. The molecule has 2 aromatic rings. The van der Waals surface area contributed by atoms with Crippen molar-refractivity contribution < 1.29 is 9.84 Å². The fourth-order valence-electron chi connectivity index (χ4n) is 3.30. The number of nitriles is 1. The number of anilines is 1. The van der Waals surface area contributed by atoms with Crippen molar-refractivity contribution in [2.45, 2.75) is 19.0 Å². The summed E-state index contributed by atoms with van der Waals surface area (Å²) in [6.45, 7) is 3.55. The van der Waals surface area contributed by atoms with Crippen LogP contribution in [-0.2, 0) is 6.54 Å². The molecule has 3 heterocycles. The first-order valence-electron chi connectivity index (χ1n) is 8.32. The Morgan fingerprint density at radius 3 is 3.00 bits per heavy atom. The maximum atomic E-state index is 9.51. The van der Waals surface area contributed by atoms with Gasteiger partial charge in [-0.3, -0.25) is 4.90 Å². The molecule has 1 atom stereocenters. The summed E-state index contributed by atoms with van der Waals surface area (Å²) >= 11 is 1.76. The van der Waals surface area contributed by atoms with Crippen LogP contribution < -0.4 is 9.64 Å². The normalized spacial score (nSPS) is 18.1.